The molecule has 1 N–H and O–H groups in total. The highest BCUT2D eigenvalue weighted by molar-refractivity contribution is 5.86. The fourth-order valence-corrected chi connectivity index (χ4v) is 1.14. The summed E-state index contributed by atoms with van der Waals surface area (Å²) in [6, 6.07) is 1.27. The molecular formula is C11H14N2O4. The van der Waals surface area contributed by atoms with Crippen molar-refractivity contribution in [3.63, 3.8) is 0 Å². The molecule has 0 fully saturated rings. The molecule has 0 unspecified atom stereocenters. The van der Waals surface area contributed by atoms with E-state index in [1.165, 1.54) is 16.8 Å². The summed E-state index contributed by atoms with van der Waals surface area (Å²) in [4.78, 5) is 35.2. The molecule has 0 radical (unpaired) electrons. The molecule has 17 heavy (non-hydrogen) atoms. The molecule has 92 valence electrons. The van der Waals surface area contributed by atoms with Gasteiger partial charge >= 0.3 is 11.7 Å². The summed E-state index contributed by atoms with van der Waals surface area (Å²) in [7, 11) is 0. The number of carbonyl (C=O) groups excluding carboxylic acids is 1. The van der Waals surface area contributed by atoms with Crippen LogP contribution in [0.3, 0.4) is 0 Å². The number of rotatable bonds is 5. The molecule has 0 amide bonds. The lowest BCUT2D eigenvalue weighted by Gasteiger charge is -2.05. The van der Waals surface area contributed by atoms with E-state index in [1.54, 1.807) is 6.92 Å². The summed E-state index contributed by atoms with van der Waals surface area (Å²) in [5.41, 5.74) is -0.560. The van der Waals surface area contributed by atoms with Crippen molar-refractivity contribution in [2.24, 2.45) is 0 Å². The Morgan fingerprint density at radius 3 is 2.82 bits per heavy atom. The summed E-state index contributed by atoms with van der Waals surface area (Å²) in [5, 5.41) is 0. The Labute approximate surface area is 97.5 Å². The fraction of sp³-hybridized carbons (Fsp3) is 0.364. The summed E-state index contributed by atoms with van der Waals surface area (Å²) in [6.45, 7) is 5.59. The Balaban J connectivity index is 2.42. The van der Waals surface area contributed by atoms with Crippen LogP contribution in [0.1, 0.15) is 13.3 Å². The summed E-state index contributed by atoms with van der Waals surface area (Å²) in [5.74, 6) is -0.446. The Morgan fingerprint density at radius 2 is 2.24 bits per heavy atom. The predicted molar refractivity (Wildman–Crippen MR) is 61.7 cm³/mol. The van der Waals surface area contributed by atoms with Crippen LogP contribution in [-0.4, -0.2) is 22.1 Å². The molecule has 6 nitrogen and oxygen atoms in total. The van der Waals surface area contributed by atoms with Gasteiger partial charge in [0.1, 0.15) is 0 Å². The Hall–Kier alpha value is -2.11. The molecule has 0 aliphatic heterocycles. The molecule has 1 heterocycles. The number of nitrogens with one attached hydrogen (secondary N) is 1. The molecular weight excluding hydrogens is 224 g/mol. The molecule has 6 heteroatoms. The number of esters is 1. The van der Waals surface area contributed by atoms with Gasteiger partial charge < -0.3 is 9.30 Å². The molecule has 0 aliphatic rings. The van der Waals surface area contributed by atoms with E-state index >= 15 is 0 Å². The topological polar surface area (TPSA) is 81.2 Å². The highest BCUT2D eigenvalue weighted by Gasteiger charge is 2.02. The number of H-pyrrole nitrogens is 1. The van der Waals surface area contributed by atoms with Crippen LogP contribution in [0.25, 0.3) is 0 Å². The van der Waals surface area contributed by atoms with Crippen molar-refractivity contribution in [1.82, 2.24) is 9.55 Å². The van der Waals surface area contributed by atoms with Crippen LogP contribution >= 0.6 is 0 Å². The first-order valence-electron chi connectivity index (χ1n) is 5.13. The van der Waals surface area contributed by atoms with Crippen molar-refractivity contribution in [3.8, 4) is 0 Å². The summed E-state index contributed by atoms with van der Waals surface area (Å²) >= 11 is 0. The monoisotopic (exact) mass is 238 g/mol. The van der Waals surface area contributed by atoms with Crippen molar-refractivity contribution in [2.45, 2.75) is 19.9 Å². The van der Waals surface area contributed by atoms with E-state index in [1.807, 2.05) is 0 Å². The maximum atomic E-state index is 11.3. The molecule has 1 aromatic heterocycles. The van der Waals surface area contributed by atoms with Crippen LogP contribution in [0.15, 0.2) is 34.0 Å². The predicted octanol–water partition coefficient (Wildman–Crippen LogP) is 0.0460. The van der Waals surface area contributed by atoms with E-state index < -0.39 is 17.2 Å². The van der Waals surface area contributed by atoms with Gasteiger partial charge in [-0.25, -0.2) is 9.59 Å². The quantitative estimate of drug-likeness (QED) is 0.446. The van der Waals surface area contributed by atoms with Crippen LogP contribution in [-0.2, 0) is 16.1 Å². The van der Waals surface area contributed by atoms with Crippen molar-refractivity contribution in [1.29, 1.82) is 0 Å². The van der Waals surface area contributed by atoms with Gasteiger partial charge in [0.2, 0.25) is 0 Å². The number of hydrogen-bond donors (Lipinski definition) is 1. The number of aromatic nitrogens is 2. The van der Waals surface area contributed by atoms with Gasteiger partial charge in [0, 0.05) is 24.4 Å². The molecule has 1 rings (SSSR count). The first-order valence-corrected chi connectivity index (χ1v) is 5.13. The zero-order valence-electron chi connectivity index (χ0n) is 9.56. The lowest BCUT2D eigenvalue weighted by molar-refractivity contribution is -0.139. The fourth-order valence-electron chi connectivity index (χ4n) is 1.14. The smallest absolute Gasteiger partial charge is 0.333 e. The van der Waals surface area contributed by atoms with Gasteiger partial charge in [-0.1, -0.05) is 6.58 Å². The lowest BCUT2D eigenvalue weighted by atomic mass is 10.3. The van der Waals surface area contributed by atoms with Crippen LogP contribution in [0, 0.1) is 0 Å². The first-order chi connectivity index (χ1) is 8.00. The van der Waals surface area contributed by atoms with E-state index in [0.29, 0.717) is 18.5 Å². The zero-order valence-corrected chi connectivity index (χ0v) is 9.56. The standard InChI is InChI=1S/C11H14N2O4/c1-8(2)10(15)17-7-3-5-13-6-4-9(14)12-11(13)16/h4,6H,1,3,5,7H2,2H3,(H,12,14,16). The van der Waals surface area contributed by atoms with Crippen LogP contribution in [0.5, 0.6) is 0 Å². The Morgan fingerprint density at radius 1 is 1.53 bits per heavy atom. The minimum atomic E-state index is -0.469. The van der Waals surface area contributed by atoms with Crippen molar-refractivity contribution >= 4 is 5.97 Å². The minimum Gasteiger partial charge on any atom is -0.462 e. The average Bonchev–Trinajstić information content (AvgIpc) is 2.26. The van der Waals surface area contributed by atoms with Gasteiger partial charge in [-0.2, -0.15) is 0 Å². The van der Waals surface area contributed by atoms with E-state index in [-0.39, 0.29) is 6.61 Å². The Bertz CT molecular complexity index is 527. The van der Waals surface area contributed by atoms with Gasteiger partial charge in [-0.05, 0) is 13.3 Å². The number of aromatic amines is 1. The second-order valence-electron chi connectivity index (χ2n) is 3.57. The largest absolute Gasteiger partial charge is 0.462 e. The highest BCUT2D eigenvalue weighted by Crippen LogP contribution is 1.94. The third kappa shape index (κ3) is 4.10. The van der Waals surface area contributed by atoms with E-state index in [4.69, 9.17) is 4.74 Å². The number of nitrogens with zero attached hydrogens (tertiary/aromatic N) is 1. The van der Waals surface area contributed by atoms with Crippen molar-refractivity contribution in [2.75, 3.05) is 6.61 Å². The van der Waals surface area contributed by atoms with Gasteiger partial charge in [0.05, 0.1) is 6.61 Å². The SMILES string of the molecule is C=C(C)C(=O)OCCCn1ccc(=O)[nH]c1=O. The Kier molecular flexibility index (Phi) is 4.45. The number of hydrogen-bond acceptors (Lipinski definition) is 4. The maximum Gasteiger partial charge on any atom is 0.333 e. The lowest BCUT2D eigenvalue weighted by Crippen LogP contribution is -2.29. The van der Waals surface area contributed by atoms with Gasteiger partial charge in [-0.15, -0.1) is 0 Å². The van der Waals surface area contributed by atoms with Gasteiger partial charge in [0.25, 0.3) is 5.56 Å². The van der Waals surface area contributed by atoms with Crippen LogP contribution in [0.2, 0.25) is 0 Å². The summed E-state index contributed by atoms with van der Waals surface area (Å²) in [6.07, 6.45) is 1.90. The van der Waals surface area contributed by atoms with E-state index in [2.05, 4.69) is 11.6 Å². The van der Waals surface area contributed by atoms with Crippen LogP contribution < -0.4 is 11.2 Å². The van der Waals surface area contributed by atoms with E-state index in [0.717, 1.165) is 0 Å². The number of carbonyl (C=O) groups is 1. The molecule has 1 aromatic rings. The molecule has 0 saturated carbocycles. The average molecular weight is 238 g/mol. The molecule has 0 aliphatic carbocycles. The number of aryl methyl sites for hydroxylation is 1. The zero-order chi connectivity index (χ0) is 12.8. The molecule has 0 bridgehead atoms. The maximum absolute atomic E-state index is 11.3. The molecule has 0 atom stereocenters. The minimum absolute atomic E-state index is 0.206. The van der Waals surface area contributed by atoms with Gasteiger partial charge in [-0.3, -0.25) is 9.78 Å². The highest BCUT2D eigenvalue weighted by atomic mass is 16.5. The van der Waals surface area contributed by atoms with Crippen LogP contribution in [0.4, 0.5) is 0 Å². The normalized spacial score (nSPS) is 9.94. The van der Waals surface area contributed by atoms with Crippen molar-refractivity contribution < 1.29 is 9.53 Å². The van der Waals surface area contributed by atoms with E-state index in [9.17, 15) is 14.4 Å². The second-order valence-corrected chi connectivity index (χ2v) is 3.57. The second kappa shape index (κ2) is 5.83. The third-order valence-corrected chi connectivity index (χ3v) is 2.02. The third-order valence-electron chi connectivity index (χ3n) is 2.02. The molecule has 0 spiro atoms. The number of ether oxygens (including phenoxy) is 1. The summed E-state index contributed by atoms with van der Waals surface area (Å²) < 4.78 is 6.21. The van der Waals surface area contributed by atoms with Gasteiger partial charge in [0.15, 0.2) is 0 Å². The van der Waals surface area contributed by atoms with Crippen molar-refractivity contribution in [3.05, 3.63) is 45.3 Å². The first kappa shape index (κ1) is 13.0. The molecule has 0 aromatic carbocycles. The molecule has 0 saturated heterocycles.